The molecule has 0 spiro atoms. The van der Waals surface area contributed by atoms with E-state index >= 15 is 0 Å². The molecule has 1 heterocycles. The molecule has 0 aromatic carbocycles. The van der Waals surface area contributed by atoms with Gasteiger partial charge < -0.3 is 0 Å². The molecule has 0 fully saturated rings. The van der Waals surface area contributed by atoms with Crippen LogP contribution in [0, 0.1) is 0 Å². The Hall–Kier alpha value is -0.210. The van der Waals surface area contributed by atoms with Gasteiger partial charge in [0.25, 0.3) is 0 Å². The Bertz CT molecular complexity index is 116. The fourth-order valence-electron chi connectivity index (χ4n) is 0.376. The Labute approximate surface area is 57.5 Å². The van der Waals surface area contributed by atoms with Crippen molar-refractivity contribution in [2.75, 3.05) is 0 Å². The highest BCUT2D eigenvalue weighted by molar-refractivity contribution is 6.25. The van der Waals surface area contributed by atoms with Crippen molar-refractivity contribution in [3.05, 3.63) is 12.3 Å². The van der Waals surface area contributed by atoms with Crippen molar-refractivity contribution < 1.29 is 0 Å². The minimum atomic E-state index is -0.443. The summed E-state index contributed by atoms with van der Waals surface area (Å²) in [5, 5.41) is 0. The smallest absolute Gasteiger partial charge is 0.210 e. The minimum absolute atomic E-state index is 0.443. The number of hydrogen-bond donors (Lipinski definition) is 0. The van der Waals surface area contributed by atoms with Crippen molar-refractivity contribution in [2.45, 2.75) is 5.62 Å². The van der Waals surface area contributed by atoms with Crippen molar-refractivity contribution >= 4 is 29.6 Å². The molecular weight excluding hydrogens is 147 g/mol. The standard InChI is InChI=1S/C4H4Cl2N2/c5-4-7-2-1-3-8(4)6/h1-4H. The highest BCUT2D eigenvalue weighted by Crippen LogP contribution is 2.11. The van der Waals surface area contributed by atoms with Crippen LogP contribution in [0.1, 0.15) is 0 Å². The van der Waals surface area contributed by atoms with E-state index in [2.05, 4.69) is 4.99 Å². The zero-order valence-corrected chi connectivity index (χ0v) is 5.47. The summed E-state index contributed by atoms with van der Waals surface area (Å²) >= 11 is 11.0. The first-order chi connectivity index (χ1) is 3.80. The van der Waals surface area contributed by atoms with Crippen LogP contribution in [0.25, 0.3) is 0 Å². The third-order valence-electron chi connectivity index (χ3n) is 0.727. The fourth-order valence-corrected chi connectivity index (χ4v) is 0.622. The summed E-state index contributed by atoms with van der Waals surface area (Å²) in [6.45, 7) is 0. The molecule has 2 nitrogen and oxygen atoms in total. The van der Waals surface area contributed by atoms with Crippen LogP contribution in [0.4, 0.5) is 0 Å². The molecule has 1 unspecified atom stereocenters. The highest BCUT2D eigenvalue weighted by atomic mass is 35.5. The van der Waals surface area contributed by atoms with Gasteiger partial charge in [-0.05, 0) is 6.08 Å². The molecule has 0 radical (unpaired) electrons. The average molecular weight is 151 g/mol. The molecule has 1 atom stereocenters. The zero-order valence-electron chi connectivity index (χ0n) is 3.96. The number of nitrogens with zero attached hydrogens (tertiary/aromatic N) is 2. The highest BCUT2D eigenvalue weighted by Gasteiger charge is 2.07. The van der Waals surface area contributed by atoms with E-state index in [1.807, 2.05) is 0 Å². The maximum atomic E-state index is 5.51. The summed E-state index contributed by atoms with van der Waals surface area (Å²) < 4.78 is 1.29. The second kappa shape index (κ2) is 2.37. The third-order valence-corrected chi connectivity index (χ3v) is 1.45. The average Bonchev–Trinajstić information content (AvgIpc) is 1.77. The largest absolute Gasteiger partial charge is 0.255 e. The molecule has 0 bridgehead atoms. The number of rotatable bonds is 0. The Morgan fingerprint density at radius 1 is 1.62 bits per heavy atom. The van der Waals surface area contributed by atoms with Crippen LogP contribution < -0.4 is 0 Å². The van der Waals surface area contributed by atoms with Gasteiger partial charge in [-0.25, -0.2) is 0 Å². The lowest BCUT2D eigenvalue weighted by atomic mass is 10.6. The van der Waals surface area contributed by atoms with Crippen LogP contribution in [0.2, 0.25) is 0 Å². The van der Waals surface area contributed by atoms with Gasteiger partial charge in [-0.15, -0.1) is 0 Å². The van der Waals surface area contributed by atoms with Gasteiger partial charge in [-0.1, -0.05) is 11.6 Å². The topological polar surface area (TPSA) is 15.6 Å². The van der Waals surface area contributed by atoms with E-state index in [9.17, 15) is 0 Å². The Kier molecular flexibility index (Phi) is 1.76. The van der Waals surface area contributed by atoms with Crippen molar-refractivity contribution in [1.29, 1.82) is 0 Å². The van der Waals surface area contributed by atoms with Gasteiger partial charge in [-0.3, -0.25) is 9.41 Å². The molecule has 0 aromatic heterocycles. The van der Waals surface area contributed by atoms with Crippen LogP contribution in [0.5, 0.6) is 0 Å². The lowest BCUT2D eigenvalue weighted by Crippen LogP contribution is -2.15. The lowest BCUT2D eigenvalue weighted by molar-refractivity contribution is 0.565. The predicted octanol–water partition coefficient (Wildman–Crippen LogP) is 1.56. The number of hydrogen-bond acceptors (Lipinski definition) is 2. The predicted molar refractivity (Wildman–Crippen MR) is 35.0 cm³/mol. The van der Waals surface area contributed by atoms with Crippen molar-refractivity contribution in [3.63, 3.8) is 0 Å². The van der Waals surface area contributed by atoms with E-state index in [0.29, 0.717) is 0 Å². The molecule has 0 amide bonds. The quantitative estimate of drug-likeness (QED) is 0.291. The van der Waals surface area contributed by atoms with Gasteiger partial charge in [0.05, 0.1) is 0 Å². The first-order valence-electron chi connectivity index (χ1n) is 2.09. The van der Waals surface area contributed by atoms with Crippen LogP contribution in [0.15, 0.2) is 17.3 Å². The van der Waals surface area contributed by atoms with Crippen molar-refractivity contribution in [2.24, 2.45) is 4.99 Å². The molecule has 8 heavy (non-hydrogen) atoms. The fraction of sp³-hybridized carbons (Fsp3) is 0.250. The summed E-state index contributed by atoms with van der Waals surface area (Å²) in [6, 6.07) is 0. The summed E-state index contributed by atoms with van der Waals surface area (Å²) in [6.07, 6.45) is 4.97. The first kappa shape index (κ1) is 5.92. The molecule has 44 valence electrons. The van der Waals surface area contributed by atoms with Gasteiger partial charge in [0.1, 0.15) is 0 Å². The third kappa shape index (κ3) is 1.14. The number of halogens is 2. The molecule has 0 aromatic rings. The lowest BCUT2D eigenvalue weighted by Gasteiger charge is -2.14. The second-order valence-corrected chi connectivity index (χ2v) is 2.08. The second-order valence-electron chi connectivity index (χ2n) is 1.29. The SMILES string of the molecule is ClC1N=CC=CN1Cl. The molecule has 1 rings (SSSR count). The first-order valence-corrected chi connectivity index (χ1v) is 2.86. The van der Waals surface area contributed by atoms with E-state index < -0.39 is 5.62 Å². The monoisotopic (exact) mass is 150 g/mol. The van der Waals surface area contributed by atoms with Gasteiger partial charge in [0, 0.05) is 24.2 Å². The molecule has 1 aliphatic heterocycles. The summed E-state index contributed by atoms with van der Waals surface area (Å²) in [7, 11) is 0. The molecular formula is C4H4Cl2N2. The maximum absolute atomic E-state index is 5.51. The van der Waals surface area contributed by atoms with E-state index in [4.69, 9.17) is 23.4 Å². The Morgan fingerprint density at radius 3 is 2.75 bits per heavy atom. The molecule has 0 N–H and O–H groups in total. The van der Waals surface area contributed by atoms with Crippen LogP contribution in [-0.2, 0) is 0 Å². The maximum Gasteiger partial charge on any atom is 0.210 e. The van der Waals surface area contributed by atoms with E-state index in [0.717, 1.165) is 0 Å². The van der Waals surface area contributed by atoms with E-state index in [1.54, 1.807) is 18.5 Å². The van der Waals surface area contributed by atoms with E-state index in [1.165, 1.54) is 4.42 Å². The van der Waals surface area contributed by atoms with Gasteiger partial charge >= 0.3 is 0 Å². The van der Waals surface area contributed by atoms with Crippen LogP contribution >= 0.6 is 23.4 Å². The van der Waals surface area contributed by atoms with Gasteiger partial charge in [0.2, 0.25) is 5.62 Å². The molecule has 0 saturated carbocycles. The molecule has 1 aliphatic rings. The summed E-state index contributed by atoms with van der Waals surface area (Å²) in [5.74, 6) is 0. The van der Waals surface area contributed by atoms with Crippen molar-refractivity contribution in [1.82, 2.24) is 4.42 Å². The van der Waals surface area contributed by atoms with E-state index in [-0.39, 0.29) is 0 Å². The van der Waals surface area contributed by atoms with Crippen LogP contribution in [-0.4, -0.2) is 16.3 Å². The number of aliphatic imine (C=N–C) groups is 1. The number of allylic oxidation sites excluding steroid dienone is 1. The van der Waals surface area contributed by atoms with Gasteiger partial charge in [-0.2, -0.15) is 0 Å². The Balaban J connectivity index is 2.59. The Morgan fingerprint density at radius 2 is 2.38 bits per heavy atom. The zero-order chi connectivity index (χ0) is 5.98. The summed E-state index contributed by atoms with van der Waals surface area (Å²) in [4.78, 5) is 3.76. The number of alkyl halides is 1. The van der Waals surface area contributed by atoms with Crippen molar-refractivity contribution in [3.8, 4) is 0 Å². The normalized spacial score (nSPS) is 26.8. The van der Waals surface area contributed by atoms with Gasteiger partial charge in [0.15, 0.2) is 0 Å². The van der Waals surface area contributed by atoms with Crippen LogP contribution in [0.3, 0.4) is 0 Å². The molecule has 0 saturated heterocycles. The molecule has 4 heteroatoms. The molecule has 0 aliphatic carbocycles. The summed E-state index contributed by atoms with van der Waals surface area (Å²) in [5.41, 5.74) is -0.443. The minimum Gasteiger partial charge on any atom is -0.255 e.